The number of benzene rings is 2. The van der Waals surface area contributed by atoms with Crippen molar-refractivity contribution in [3.05, 3.63) is 60.2 Å². The number of nitrogens with one attached hydrogen (secondary N) is 3. The Hall–Kier alpha value is -3.35. The smallest absolute Gasteiger partial charge is 0.323 e. The molecule has 2 aromatic rings. The Morgan fingerprint density at radius 3 is 1.93 bits per heavy atom. The number of anilines is 2. The van der Waals surface area contributed by atoms with E-state index in [0.29, 0.717) is 23.5 Å². The van der Waals surface area contributed by atoms with Gasteiger partial charge < -0.3 is 20.9 Å². The van der Waals surface area contributed by atoms with E-state index in [1.165, 1.54) is 4.90 Å². The molecule has 0 saturated carbocycles. The van der Waals surface area contributed by atoms with Crippen LogP contribution in [0.25, 0.3) is 0 Å². The number of urea groups is 1. The number of hydrogen-bond donors (Lipinski definition) is 3. The van der Waals surface area contributed by atoms with Crippen LogP contribution >= 0.6 is 0 Å². The summed E-state index contributed by atoms with van der Waals surface area (Å²) in [4.78, 5) is 38.4. The fraction of sp³-hybridized carbons (Fsp3) is 0.318. The molecule has 0 aliphatic rings. The van der Waals surface area contributed by atoms with E-state index in [1.807, 2.05) is 45.9 Å². The third-order valence-corrected chi connectivity index (χ3v) is 3.94. The summed E-state index contributed by atoms with van der Waals surface area (Å²) in [5.74, 6) is -0.444. The number of hydrogen-bond acceptors (Lipinski definition) is 3. The van der Waals surface area contributed by atoms with Crippen molar-refractivity contribution in [2.75, 3.05) is 23.7 Å². The fourth-order valence-corrected chi connectivity index (χ4v) is 2.65. The Labute approximate surface area is 171 Å². The highest BCUT2D eigenvalue weighted by Gasteiger charge is 2.20. The van der Waals surface area contributed by atoms with Gasteiger partial charge >= 0.3 is 6.03 Å². The number of amides is 4. The van der Waals surface area contributed by atoms with E-state index < -0.39 is 0 Å². The first-order valence-corrected chi connectivity index (χ1v) is 9.51. The maximum Gasteiger partial charge on any atom is 0.323 e. The van der Waals surface area contributed by atoms with E-state index in [9.17, 15) is 14.4 Å². The quantitative estimate of drug-likeness (QED) is 0.695. The van der Waals surface area contributed by atoms with Gasteiger partial charge in [-0.05, 0) is 64.1 Å². The minimum absolute atomic E-state index is 0.00785. The minimum atomic E-state index is -0.371. The molecule has 0 unspecified atom stereocenters. The zero-order valence-electron chi connectivity index (χ0n) is 17.3. The van der Waals surface area contributed by atoms with Gasteiger partial charge in [0.15, 0.2) is 0 Å². The molecule has 0 aliphatic heterocycles. The normalized spacial score (nSPS) is 10.8. The van der Waals surface area contributed by atoms with Gasteiger partial charge in [0.05, 0.1) is 6.54 Å². The van der Waals surface area contributed by atoms with Crippen LogP contribution in [0.15, 0.2) is 54.6 Å². The average Bonchev–Trinajstić information content (AvgIpc) is 2.65. The average molecular weight is 396 g/mol. The van der Waals surface area contributed by atoms with Crippen LogP contribution < -0.4 is 16.0 Å². The van der Waals surface area contributed by atoms with E-state index in [0.717, 1.165) is 0 Å². The molecule has 2 aromatic carbocycles. The zero-order chi connectivity index (χ0) is 21.4. The lowest BCUT2D eigenvalue weighted by atomic mass is 10.1. The summed E-state index contributed by atoms with van der Waals surface area (Å²) < 4.78 is 0. The standard InChI is InChI=1S/C22H28N4O3/c1-5-26(15-19(27)25-22(2,3)4)20(28)16-11-13-18(14-12-16)24-21(29)23-17-9-7-6-8-10-17/h6-14H,5,15H2,1-4H3,(H,25,27)(H2,23,24,29). The van der Waals surface area contributed by atoms with Crippen LogP contribution in [0, 0.1) is 0 Å². The molecule has 0 heterocycles. The monoisotopic (exact) mass is 396 g/mol. The van der Waals surface area contributed by atoms with Crippen molar-refractivity contribution >= 4 is 29.2 Å². The molecular formula is C22H28N4O3. The largest absolute Gasteiger partial charge is 0.350 e. The molecule has 154 valence electrons. The maximum absolute atomic E-state index is 12.7. The van der Waals surface area contributed by atoms with Gasteiger partial charge in [-0.3, -0.25) is 9.59 Å². The molecule has 7 heteroatoms. The minimum Gasteiger partial charge on any atom is -0.350 e. The van der Waals surface area contributed by atoms with Gasteiger partial charge in [0, 0.05) is 29.0 Å². The van der Waals surface area contributed by atoms with Gasteiger partial charge in [0.1, 0.15) is 0 Å². The van der Waals surface area contributed by atoms with Crippen molar-refractivity contribution < 1.29 is 14.4 Å². The second-order valence-electron chi connectivity index (χ2n) is 7.64. The Morgan fingerprint density at radius 2 is 1.41 bits per heavy atom. The van der Waals surface area contributed by atoms with Crippen molar-refractivity contribution in [3.8, 4) is 0 Å². The molecule has 0 aromatic heterocycles. The summed E-state index contributed by atoms with van der Waals surface area (Å²) in [5.41, 5.74) is 1.34. The van der Waals surface area contributed by atoms with E-state index >= 15 is 0 Å². The predicted molar refractivity (Wildman–Crippen MR) is 115 cm³/mol. The summed E-state index contributed by atoms with van der Waals surface area (Å²) in [6.07, 6.45) is 0. The molecular weight excluding hydrogens is 368 g/mol. The summed E-state index contributed by atoms with van der Waals surface area (Å²) in [6.45, 7) is 7.90. The maximum atomic E-state index is 12.7. The number of nitrogens with zero attached hydrogens (tertiary/aromatic N) is 1. The van der Waals surface area contributed by atoms with Crippen molar-refractivity contribution in [2.24, 2.45) is 0 Å². The SMILES string of the molecule is CCN(CC(=O)NC(C)(C)C)C(=O)c1ccc(NC(=O)Nc2ccccc2)cc1. The van der Waals surface area contributed by atoms with Crippen LogP contribution in [-0.4, -0.2) is 41.4 Å². The Kier molecular flexibility index (Phi) is 7.36. The van der Waals surface area contributed by atoms with Gasteiger partial charge in [0.2, 0.25) is 5.91 Å². The molecule has 4 amide bonds. The first-order valence-electron chi connectivity index (χ1n) is 9.51. The molecule has 2 rings (SSSR count). The summed E-state index contributed by atoms with van der Waals surface area (Å²) in [6, 6.07) is 15.3. The van der Waals surface area contributed by atoms with Gasteiger partial charge in [-0.1, -0.05) is 18.2 Å². The van der Waals surface area contributed by atoms with Gasteiger partial charge in [-0.15, -0.1) is 0 Å². The highest BCUT2D eigenvalue weighted by Crippen LogP contribution is 2.13. The predicted octanol–water partition coefficient (Wildman–Crippen LogP) is 3.71. The molecule has 0 saturated heterocycles. The van der Waals surface area contributed by atoms with Crippen molar-refractivity contribution in [2.45, 2.75) is 33.2 Å². The second-order valence-corrected chi connectivity index (χ2v) is 7.64. The Bertz CT molecular complexity index is 843. The highest BCUT2D eigenvalue weighted by molar-refractivity contribution is 6.00. The van der Waals surface area contributed by atoms with E-state index in [2.05, 4.69) is 16.0 Å². The third kappa shape index (κ3) is 7.29. The van der Waals surface area contributed by atoms with E-state index in [4.69, 9.17) is 0 Å². The lowest BCUT2D eigenvalue weighted by Gasteiger charge is -2.25. The van der Waals surface area contributed by atoms with Crippen LogP contribution in [0.5, 0.6) is 0 Å². The number of carbonyl (C=O) groups is 3. The van der Waals surface area contributed by atoms with Crippen LogP contribution in [0.3, 0.4) is 0 Å². The molecule has 3 N–H and O–H groups in total. The van der Waals surface area contributed by atoms with Gasteiger partial charge in [-0.2, -0.15) is 0 Å². The number of likely N-dealkylation sites (N-methyl/N-ethyl adjacent to an activating group) is 1. The van der Waals surface area contributed by atoms with Crippen molar-refractivity contribution in [3.63, 3.8) is 0 Å². The molecule has 29 heavy (non-hydrogen) atoms. The van der Waals surface area contributed by atoms with Crippen LogP contribution in [0.4, 0.5) is 16.2 Å². The molecule has 0 spiro atoms. The Balaban J connectivity index is 1.96. The highest BCUT2D eigenvalue weighted by atomic mass is 16.2. The Morgan fingerprint density at radius 1 is 0.862 bits per heavy atom. The van der Waals surface area contributed by atoms with Gasteiger partial charge in [-0.25, -0.2) is 4.79 Å². The van der Waals surface area contributed by atoms with Crippen LogP contribution in [0.1, 0.15) is 38.1 Å². The number of carbonyl (C=O) groups excluding carboxylic acids is 3. The molecule has 0 radical (unpaired) electrons. The molecule has 0 aliphatic carbocycles. The molecule has 0 atom stereocenters. The summed E-state index contributed by atoms with van der Waals surface area (Å²) >= 11 is 0. The third-order valence-electron chi connectivity index (χ3n) is 3.94. The van der Waals surface area contributed by atoms with E-state index in [-0.39, 0.29) is 29.9 Å². The first-order chi connectivity index (χ1) is 13.7. The van der Waals surface area contributed by atoms with Crippen LogP contribution in [0.2, 0.25) is 0 Å². The summed E-state index contributed by atoms with van der Waals surface area (Å²) in [5, 5.41) is 8.30. The number of para-hydroxylation sites is 1. The molecule has 0 bridgehead atoms. The van der Waals surface area contributed by atoms with Crippen molar-refractivity contribution in [1.29, 1.82) is 0 Å². The zero-order valence-corrected chi connectivity index (χ0v) is 17.3. The molecule has 0 fully saturated rings. The fourth-order valence-electron chi connectivity index (χ4n) is 2.65. The number of rotatable bonds is 6. The lowest BCUT2D eigenvalue weighted by molar-refractivity contribution is -0.123. The second kappa shape index (κ2) is 9.73. The van der Waals surface area contributed by atoms with Gasteiger partial charge in [0.25, 0.3) is 5.91 Å². The van der Waals surface area contributed by atoms with Crippen molar-refractivity contribution in [1.82, 2.24) is 10.2 Å². The van der Waals surface area contributed by atoms with E-state index in [1.54, 1.807) is 36.4 Å². The lowest BCUT2D eigenvalue weighted by Crippen LogP contribution is -2.47. The summed E-state index contributed by atoms with van der Waals surface area (Å²) in [7, 11) is 0. The van der Waals surface area contributed by atoms with Crippen LogP contribution in [-0.2, 0) is 4.79 Å². The topological polar surface area (TPSA) is 90.5 Å². The first kappa shape index (κ1) is 21.9. The molecule has 7 nitrogen and oxygen atoms in total.